The highest BCUT2D eigenvalue weighted by atomic mass is 16.5. The first-order valence-corrected chi connectivity index (χ1v) is 12.0. The van der Waals surface area contributed by atoms with Gasteiger partial charge < -0.3 is 24.7 Å². The van der Waals surface area contributed by atoms with Crippen molar-refractivity contribution < 1.29 is 23.7 Å². The molecule has 6 rings (SSSR count). The Labute approximate surface area is 219 Å². The predicted octanol–water partition coefficient (Wildman–Crippen LogP) is 4.93. The maximum absolute atomic E-state index is 10.7. The lowest BCUT2D eigenvalue weighted by atomic mass is 9.99. The van der Waals surface area contributed by atoms with Crippen molar-refractivity contribution in [3.63, 3.8) is 0 Å². The zero-order valence-electron chi connectivity index (χ0n) is 21.1. The topological polar surface area (TPSA) is 118 Å². The van der Waals surface area contributed by atoms with Gasteiger partial charge in [0.2, 0.25) is 17.8 Å². The number of carbonyl (C=O) groups excluding carboxylic acids is 1. The maximum atomic E-state index is 10.7. The van der Waals surface area contributed by atoms with Crippen LogP contribution in [0.15, 0.2) is 65.9 Å². The van der Waals surface area contributed by atoms with Gasteiger partial charge in [0.25, 0.3) is 0 Å². The van der Waals surface area contributed by atoms with E-state index >= 15 is 0 Å². The molecule has 0 radical (unpaired) electrons. The van der Waals surface area contributed by atoms with Crippen molar-refractivity contribution in [2.45, 2.75) is 12.8 Å². The van der Waals surface area contributed by atoms with Crippen LogP contribution in [-0.2, 0) is 17.6 Å². The van der Waals surface area contributed by atoms with E-state index in [1.165, 1.54) is 0 Å². The number of anilines is 1. The average molecular weight is 511 g/mol. The Morgan fingerprint density at radius 1 is 0.816 bits per heavy atom. The maximum Gasteiger partial charge on any atom is 0.240 e. The smallest absolute Gasteiger partial charge is 0.240 e. The molecule has 2 N–H and O–H groups in total. The number of hydrogen-bond acceptors (Lipinski definition) is 9. The first-order chi connectivity index (χ1) is 18.6. The van der Waals surface area contributed by atoms with Crippen molar-refractivity contribution in [1.29, 1.82) is 0 Å². The normalized spacial score (nSPS) is 12.6. The van der Waals surface area contributed by atoms with Crippen LogP contribution in [0.5, 0.6) is 23.3 Å². The molecule has 0 aliphatic carbocycles. The van der Waals surface area contributed by atoms with Crippen LogP contribution in [0.4, 0.5) is 11.4 Å². The van der Waals surface area contributed by atoms with Crippen molar-refractivity contribution in [3.05, 3.63) is 72.1 Å². The highest BCUT2D eigenvalue weighted by molar-refractivity contribution is 5.82. The summed E-state index contributed by atoms with van der Waals surface area (Å²) in [6.07, 6.45) is 6.62. The first kappa shape index (κ1) is 24.8. The van der Waals surface area contributed by atoms with Crippen molar-refractivity contribution in [2.24, 2.45) is 4.99 Å². The number of pyridine rings is 2. The zero-order chi connectivity index (χ0) is 26.5. The second kappa shape index (κ2) is 11.0. The number of aliphatic imine (C=N–C) groups is 1. The molecule has 9 heteroatoms. The molecule has 0 fully saturated rings. The Balaban J connectivity index is 0.000000156. The second-order valence-electron chi connectivity index (χ2n) is 8.52. The number of benzene rings is 2. The molecular weight excluding hydrogens is 484 g/mol. The van der Waals surface area contributed by atoms with Gasteiger partial charge >= 0.3 is 0 Å². The van der Waals surface area contributed by atoms with Gasteiger partial charge in [0, 0.05) is 65.3 Å². The molecule has 9 nitrogen and oxygen atoms in total. The lowest BCUT2D eigenvalue weighted by Crippen LogP contribution is -1.96. The van der Waals surface area contributed by atoms with Gasteiger partial charge in [-0.3, -0.25) is 0 Å². The fourth-order valence-corrected chi connectivity index (χ4v) is 4.59. The fourth-order valence-electron chi connectivity index (χ4n) is 4.59. The van der Waals surface area contributed by atoms with E-state index in [1.807, 2.05) is 42.5 Å². The molecule has 192 valence electrons. The molecule has 0 amide bonds. The number of nitrogens with zero attached hydrogens (tertiary/aromatic N) is 3. The van der Waals surface area contributed by atoms with Crippen LogP contribution < -0.4 is 24.7 Å². The van der Waals surface area contributed by atoms with Crippen LogP contribution in [0.1, 0.15) is 11.1 Å². The minimum atomic E-state index is 0.514. The number of hydrogen-bond donors (Lipinski definition) is 1. The monoisotopic (exact) mass is 510 g/mol. The highest BCUT2D eigenvalue weighted by Gasteiger charge is 2.20. The molecule has 0 saturated heterocycles. The van der Waals surface area contributed by atoms with Crippen molar-refractivity contribution in [1.82, 2.24) is 9.97 Å². The number of nitrogen functional groups attached to an aromatic ring is 1. The quantitative estimate of drug-likeness (QED) is 0.228. The van der Waals surface area contributed by atoms with Crippen LogP contribution >= 0.6 is 0 Å². The Bertz CT molecular complexity index is 1530. The van der Waals surface area contributed by atoms with Gasteiger partial charge in [-0.2, -0.15) is 4.99 Å². The summed E-state index contributed by atoms with van der Waals surface area (Å²) in [4.78, 5) is 22.7. The van der Waals surface area contributed by atoms with Gasteiger partial charge in [-0.15, -0.1) is 0 Å². The number of ether oxygens (including phenoxy) is 4. The van der Waals surface area contributed by atoms with E-state index in [-0.39, 0.29) is 0 Å². The molecule has 0 atom stereocenters. The van der Waals surface area contributed by atoms with Gasteiger partial charge in [0.15, 0.2) is 0 Å². The molecule has 0 bridgehead atoms. The molecule has 0 saturated carbocycles. The third-order valence-electron chi connectivity index (χ3n) is 6.44. The summed E-state index contributed by atoms with van der Waals surface area (Å²) in [6.45, 7) is 1.32. The van der Waals surface area contributed by atoms with Gasteiger partial charge in [-0.05, 0) is 47.5 Å². The standard InChI is InChI=1S/C15H12N2O3.C14H14N2O2/c1-19-14-8-10(4-6-16-14)11-2-3-13-12(5-7-20-13)15(11)17-9-18;1-17-13-8-9(4-6-16-13)10-2-3-12-11(14(10)15)5-7-18-12/h2-4,6,8H,5,7H2,1H3;2-4,6,8H,5,7,15H2,1H3. The molecule has 2 aliphatic heterocycles. The molecule has 2 aliphatic rings. The van der Waals surface area contributed by atoms with E-state index in [9.17, 15) is 4.79 Å². The second-order valence-corrected chi connectivity index (χ2v) is 8.52. The number of isocyanates is 1. The fraction of sp³-hybridized carbons (Fsp3) is 0.207. The SMILES string of the molecule is COc1cc(-c2ccc3c(c2N)CCO3)ccn1.COc1cc(-c2ccc3c(c2N=C=O)CCO3)ccn1. The van der Waals surface area contributed by atoms with E-state index in [4.69, 9.17) is 24.7 Å². The number of nitrogens with two attached hydrogens (primary N) is 1. The lowest BCUT2D eigenvalue weighted by molar-refractivity contribution is 0.356. The molecule has 0 spiro atoms. The molecular formula is C29H26N4O5. The van der Waals surface area contributed by atoms with Crippen LogP contribution in [0.25, 0.3) is 22.3 Å². The third kappa shape index (κ3) is 4.87. The molecule has 0 unspecified atom stereocenters. The molecule has 2 aromatic carbocycles. The van der Waals surface area contributed by atoms with E-state index < -0.39 is 0 Å². The minimum absolute atomic E-state index is 0.514. The summed E-state index contributed by atoms with van der Waals surface area (Å²) in [6, 6.07) is 15.2. The van der Waals surface area contributed by atoms with Gasteiger partial charge in [0.05, 0.1) is 33.1 Å². The van der Waals surface area contributed by atoms with Crippen LogP contribution in [0.3, 0.4) is 0 Å². The molecule has 38 heavy (non-hydrogen) atoms. The highest BCUT2D eigenvalue weighted by Crippen LogP contribution is 2.41. The van der Waals surface area contributed by atoms with E-state index in [0.29, 0.717) is 30.7 Å². The largest absolute Gasteiger partial charge is 0.493 e. The number of rotatable bonds is 5. The molecule has 2 aromatic heterocycles. The average Bonchev–Trinajstić information content (AvgIpc) is 3.64. The summed E-state index contributed by atoms with van der Waals surface area (Å²) in [5.74, 6) is 2.78. The number of fused-ring (bicyclic) bond motifs is 2. The Morgan fingerprint density at radius 3 is 1.97 bits per heavy atom. The summed E-state index contributed by atoms with van der Waals surface area (Å²) in [7, 11) is 3.17. The van der Waals surface area contributed by atoms with Crippen molar-refractivity contribution in [3.8, 4) is 45.5 Å². The zero-order valence-corrected chi connectivity index (χ0v) is 21.1. The number of methoxy groups -OCH3 is 2. The minimum Gasteiger partial charge on any atom is -0.493 e. The van der Waals surface area contributed by atoms with E-state index in [0.717, 1.165) is 63.4 Å². The van der Waals surface area contributed by atoms with Crippen LogP contribution in [0.2, 0.25) is 0 Å². The van der Waals surface area contributed by atoms with Crippen LogP contribution in [0, 0.1) is 0 Å². The van der Waals surface area contributed by atoms with Crippen molar-refractivity contribution in [2.75, 3.05) is 33.2 Å². The summed E-state index contributed by atoms with van der Waals surface area (Å²) in [5, 5.41) is 0. The van der Waals surface area contributed by atoms with Gasteiger partial charge in [-0.25, -0.2) is 14.8 Å². The number of aromatic nitrogens is 2. The Morgan fingerprint density at radius 2 is 1.37 bits per heavy atom. The summed E-state index contributed by atoms with van der Waals surface area (Å²) < 4.78 is 21.2. The predicted molar refractivity (Wildman–Crippen MR) is 143 cm³/mol. The van der Waals surface area contributed by atoms with Gasteiger partial charge in [-0.1, -0.05) is 0 Å². The Hall–Kier alpha value is -4.88. The summed E-state index contributed by atoms with van der Waals surface area (Å²) in [5.41, 5.74) is 13.4. The third-order valence-corrected chi connectivity index (χ3v) is 6.44. The van der Waals surface area contributed by atoms with Crippen molar-refractivity contribution >= 4 is 17.5 Å². The first-order valence-electron chi connectivity index (χ1n) is 12.0. The van der Waals surface area contributed by atoms with Gasteiger partial charge in [0.1, 0.15) is 11.5 Å². The van der Waals surface area contributed by atoms with E-state index in [1.54, 1.807) is 38.8 Å². The van der Waals surface area contributed by atoms with Crippen LogP contribution in [-0.4, -0.2) is 43.5 Å². The summed E-state index contributed by atoms with van der Waals surface area (Å²) >= 11 is 0. The lowest BCUT2D eigenvalue weighted by Gasteiger charge is -2.10. The van der Waals surface area contributed by atoms with E-state index in [2.05, 4.69) is 15.0 Å². The molecule has 4 heterocycles. The Kier molecular flexibility index (Phi) is 7.19. The molecule has 4 aromatic rings.